The third-order valence-corrected chi connectivity index (χ3v) is 1.53. The lowest BCUT2D eigenvalue weighted by molar-refractivity contribution is 0.0972. The molecule has 68 valence electrons. The maximum Gasteiger partial charge on any atom is 0.251 e. The minimum Gasteiger partial charge on any atom is -0.316 e. The molecule has 0 bridgehead atoms. The van der Waals surface area contributed by atoms with Crippen molar-refractivity contribution in [2.75, 3.05) is 27.2 Å². The quantitative estimate of drug-likeness (QED) is 0.649. The van der Waals surface area contributed by atoms with Crippen LogP contribution in [0.15, 0.2) is 0 Å². The Balaban J connectivity index is 3.43. The molecule has 0 aromatic rings. The number of rotatable bonds is 5. The molecule has 0 aliphatic rings. The lowest BCUT2D eigenvalue weighted by Gasteiger charge is -2.20. The molecule has 0 saturated carbocycles. The smallest absolute Gasteiger partial charge is 0.251 e. The van der Waals surface area contributed by atoms with Crippen LogP contribution in [0.5, 0.6) is 0 Å². The second-order valence-corrected chi connectivity index (χ2v) is 2.80. The largest absolute Gasteiger partial charge is 0.316 e. The SMILES string of the molecule is CNC(C)CN(C)CC(F)F. The van der Waals surface area contributed by atoms with Gasteiger partial charge < -0.3 is 5.32 Å². The summed E-state index contributed by atoms with van der Waals surface area (Å²) in [6.45, 7) is 2.47. The number of nitrogens with one attached hydrogen (secondary N) is 1. The van der Waals surface area contributed by atoms with E-state index in [-0.39, 0.29) is 12.6 Å². The molecule has 0 radical (unpaired) electrons. The van der Waals surface area contributed by atoms with E-state index >= 15 is 0 Å². The number of alkyl halides is 2. The molecule has 0 heterocycles. The molecule has 0 fully saturated rings. The first kappa shape index (κ1) is 10.8. The van der Waals surface area contributed by atoms with Crippen LogP contribution >= 0.6 is 0 Å². The van der Waals surface area contributed by atoms with E-state index in [4.69, 9.17) is 0 Å². The summed E-state index contributed by atoms with van der Waals surface area (Å²) in [4.78, 5) is 1.62. The fraction of sp³-hybridized carbons (Fsp3) is 1.00. The fourth-order valence-electron chi connectivity index (χ4n) is 0.869. The van der Waals surface area contributed by atoms with Crippen LogP contribution in [0.2, 0.25) is 0 Å². The molecule has 4 heteroatoms. The van der Waals surface area contributed by atoms with E-state index in [2.05, 4.69) is 5.32 Å². The van der Waals surface area contributed by atoms with E-state index in [9.17, 15) is 8.78 Å². The Morgan fingerprint density at radius 2 is 1.91 bits per heavy atom. The van der Waals surface area contributed by atoms with Crippen LogP contribution < -0.4 is 5.32 Å². The zero-order valence-corrected chi connectivity index (χ0v) is 7.27. The molecule has 11 heavy (non-hydrogen) atoms. The molecule has 1 N–H and O–H groups in total. The number of likely N-dealkylation sites (N-methyl/N-ethyl adjacent to an activating group) is 2. The van der Waals surface area contributed by atoms with E-state index in [1.165, 1.54) is 0 Å². The van der Waals surface area contributed by atoms with E-state index in [1.54, 1.807) is 11.9 Å². The Morgan fingerprint density at radius 3 is 2.27 bits per heavy atom. The molecule has 0 aromatic heterocycles. The van der Waals surface area contributed by atoms with Crippen molar-refractivity contribution < 1.29 is 8.78 Å². The van der Waals surface area contributed by atoms with Crippen LogP contribution in [0.3, 0.4) is 0 Å². The van der Waals surface area contributed by atoms with Gasteiger partial charge in [0.25, 0.3) is 6.43 Å². The van der Waals surface area contributed by atoms with Gasteiger partial charge in [0.05, 0.1) is 6.54 Å². The summed E-state index contributed by atoms with van der Waals surface area (Å²) >= 11 is 0. The average Bonchev–Trinajstić information content (AvgIpc) is 1.85. The number of nitrogens with zero attached hydrogens (tertiary/aromatic N) is 1. The van der Waals surface area contributed by atoms with Crippen molar-refractivity contribution in [2.45, 2.75) is 19.4 Å². The molecule has 1 atom stereocenters. The van der Waals surface area contributed by atoms with E-state index in [1.807, 2.05) is 14.0 Å². The summed E-state index contributed by atoms with van der Waals surface area (Å²) in [5.74, 6) is 0. The van der Waals surface area contributed by atoms with Gasteiger partial charge in [-0.25, -0.2) is 8.78 Å². The number of halogens is 2. The maximum atomic E-state index is 11.8. The average molecular weight is 166 g/mol. The first-order valence-electron chi connectivity index (χ1n) is 3.70. The first-order valence-corrected chi connectivity index (χ1v) is 3.70. The molecule has 0 spiro atoms. The molecular formula is C7H16F2N2. The molecule has 0 aliphatic heterocycles. The normalized spacial score (nSPS) is 14.5. The van der Waals surface area contributed by atoms with Gasteiger partial charge in [-0.2, -0.15) is 0 Å². The molecular weight excluding hydrogens is 150 g/mol. The van der Waals surface area contributed by atoms with Crippen molar-refractivity contribution in [1.82, 2.24) is 10.2 Å². The number of hydrogen-bond donors (Lipinski definition) is 1. The molecule has 0 aromatic carbocycles. The summed E-state index contributed by atoms with van der Waals surface area (Å²) < 4.78 is 23.6. The Kier molecular flexibility index (Phi) is 5.32. The Morgan fingerprint density at radius 1 is 1.36 bits per heavy atom. The third-order valence-electron chi connectivity index (χ3n) is 1.53. The van der Waals surface area contributed by atoms with Crippen LogP contribution in [-0.2, 0) is 0 Å². The van der Waals surface area contributed by atoms with Gasteiger partial charge in [0.15, 0.2) is 0 Å². The molecule has 0 aliphatic carbocycles. The maximum absolute atomic E-state index is 11.8. The van der Waals surface area contributed by atoms with Gasteiger partial charge in [-0.15, -0.1) is 0 Å². The van der Waals surface area contributed by atoms with Crippen molar-refractivity contribution in [3.05, 3.63) is 0 Å². The highest BCUT2D eigenvalue weighted by Gasteiger charge is 2.09. The van der Waals surface area contributed by atoms with Gasteiger partial charge in [-0.3, -0.25) is 4.90 Å². The zero-order chi connectivity index (χ0) is 8.85. The fourth-order valence-corrected chi connectivity index (χ4v) is 0.869. The summed E-state index contributed by atoms with van der Waals surface area (Å²) in [6.07, 6.45) is -2.23. The van der Waals surface area contributed by atoms with Gasteiger partial charge >= 0.3 is 0 Å². The molecule has 1 unspecified atom stereocenters. The Labute approximate surface area is 66.6 Å². The van der Waals surface area contributed by atoms with Crippen LogP contribution in [0.4, 0.5) is 8.78 Å². The van der Waals surface area contributed by atoms with Gasteiger partial charge in [0.2, 0.25) is 0 Å². The van der Waals surface area contributed by atoms with Crippen LogP contribution in [-0.4, -0.2) is 44.6 Å². The minimum absolute atomic E-state index is 0.147. The zero-order valence-electron chi connectivity index (χ0n) is 7.27. The van der Waals surface area contributed by atoms with Gasteiger partial charge in [0, 0.05) is 12.6 Å². The first-order chi connectivity index (χ1) is 5.06. The van der Waals surface area contributed by atoms with E-state index in [0.717, 1.165) is 0 Å². The summed E-state index contributed by atoms with van der Waals surface area (Å²) in [5.41, 5.74) is 0. The summed E-state index contributed by atoms with van der Waals surface area (Å²) in [6, 6.07) is 0.263. The topological polar surface area (TPSA) is 15.3 Å². The molecule has 0 amide bonds. The van der Waals surface area contributed by atoms with Crippen LogP contribution in [0.25, 0.3) is 0 Å². The predicted molar refractivity (Wildman–Crippen MR) is 42.0 cm³/mol. The Bertz CT molecular complexity index is 98.4. The standard InChI is InChI=1S/C7H16F2N2/c1-6(10-2)4-11(3)5-7(8)9/h6-7,10H,4-5H2,1-3H3. The van der Waals surface area contributed by atoms with Crippen molar-refractivity contribution in [3.63, 3.8) is 0 Å². The third kappa shape index (κ3) is 6.19. The highest BCUT2D eigenvalue weighted by atomic mass is 19.3. The second-order valence-electron chi connectivity index (χ2n) is 2.80. The van der Waals surface area contributed by atoms with Gasteiger partial charge in [-0.1, -0.05) is 0 Å². The summed E-state index contributed by atoms with van der Waals surface area (Å²) in [7, 11) is 3.51. The molecule has 2 nitrogen and oxygen atoms in total. The van der Waals surface area contributed by atoms with Crippen molar-refractivity contribution in [3.8, 4) is 0 Å². The van der Waals surface area contributed by atoms with E-state index in [0.29, 0.717) is 6.54 Å². The minimum atomic E-state index is -2.23. The monoisotopic (exact) mass is 166 g/mol. The lowest BCUT2D eigenvalue weighted by Crippen LogP contribution is -2.37. The van der Waals surface area contributed by atoms with Crippen molar-refractivity contribution >= 4 is 0 Å². The van der Waals surface area contributed by atoms with Crippen LogP contribution in [0, 0.1) is 0 Å². The Hall–Kier alpha value is -0.220. The van der Waals surface area contributed by atoms with Crippen molar-refractivity contribution in [1.29, 1.82) is 0 Å². The molecule has 0 rings (SSSR count). The van der Waals surface area contributed by atoms with Gasteiger partial charge in [-0.05, 0) is 21.0 Å². The lowest BCUT2D eigenvalue weighted by atomic mass is 10.3. The molecule has 0 saturated heterocycles. The van der Waals surface area contributed by atoms with Crippen LogP contribution in [0.1, 0.15) is 6.92 Å². The number of hydrogen-bond acceptors (Lipinski definition) is 2. The predicted octanol–water partition coefficient (Wildman–Crippen LogP) is 0.791. The highest BCUT2D eigenvalue weighted by molar-refractivity contribution is 4.62. The van der Waals surface area contributed by atoms with Gasteiger partial charge in [0.1, 0.15) is 0 Å². The summed E-state index contributed by atoms with van der Waals surface area (Å²) in [5, 5.41) is 2.98. The highest BCUT2D eigenvalue weighted by Crippen LogP contribution is 1.96. The second kappa shape index (κ2) is 5.43. The van der Waals surface area contributed by atoms with Crippen molar-refractivity contribution in [2.24, 2.45) is 0 Å². The van der Waals surface area contributed by atoms with E-state index < -0.39 is 6.43 Å².